The smallest absolute Gasteiger partial charge is 0.355 e. The number of H-pyrrole nitrogens is 1. The van der Waals surface area contributed by atoms with Gasteiger partial charge in [-0.3, -0.25) is 4.79 Å². The van der Waals surface area contributed by atoms with Crippen LogP contribution in [0.4, 0.5) is 5.69 Å². The van der Waals surface area contributed by atoms with Crippen molar-refractivity contribution in [1.29, 1.82) is 0 Å². The Kier molecular flexibility index (Phi) is 6.49. The molecule has 2 N–H and O–H groups in total. The van der Waals surface area contributed by atoms with Crippen LogP contribution in [-0.4, -0.2) is 23.5 Å². The minimum absolute atomic E-state index is 0.246. The molecule has 1 unspecified atom stereocenters. The number of aromatic amines is 1. The highest BCUT2D eigenvalue weighted by Crippen LogP contribution is 2.27. The molecule has 0 bridgehead atoms. The van der Waals surface area contributed by atoms with Gasteiger partial charge >= 0.3 is 5.97 Å². The molecule has 0 spiro atoms. The minimum Gasteiger partial charge on any atom is -0.492 e. The van der Waals surface area contributed by atoms with Gasteiger partial charge in [0.2, 0.25) is 6.10 Å². The van der Waals surface area contributed by atoms with Crippen LogP contribution in [0.15, 0.2) is 71.3 Å². The fourth-order valence-corrected chi connectivity index (χ4v) is 2.95. The van der Waals surface area contributed by atoms with Crippen LogP contribution >= 0.6 is 15.9 Å². The molecule has 1 heterocycles. The number of amides is 1. The van der Waals surface area contributed by atoms with Crippen LogP contribution in [0.2, 0.25) is 0 Å². The van der Waals surface area contributed by atoms with E-state index in [0.29, 0.717) is 28.1 Å². The monoisotopic (exact) mass is 442 g/mol. The second-order valence-electron chi connectivity index (χ2n) is 5.85. The number of hydrogen-bond acceptors (Lipinski definition) is 4. The molecule has 1 amide bonds. The second kappa shape index (κ2) is 9.23. The van der Waals surface area contributed by atoms with Crippen molar-refractivity contribution in [2.75, 3.05) is 11.9 Å². The van der Waals surface area contributed by atoms with Crippen molar-refractivity contribution < 1.29 is 19.1 Å². The van der Waals surface area contributed by atoms with Crippen molar-refractivity contribution in [3.63, 3.8) is 0 Å². The summed E-state index contributed by atoms with van der Waals surface area (Å²) in [6, 6.07) is 17.5. The number of esters is 1. The fourth-order valence-electron chi connectivity index (χ4n) is 2.61. The topological polar surface area (TPSA) is 80.4 Å². The highest BCUT2D eigenvalue weighted by Gasteiger charge is 2.27. The Morgan fingerprint density at radius 1 is 1.11 bits per heavy atom. The molecule has 3 aromatic rings. The molecule has 2 aromatic carbocycles. The highest BCUT2D eigenvalue weighted by molar-refractivity contribution is 9.10. The SMILES string of the molecule is CCOc1ccccc1NC(=O)C(OC(=O)c1cc(Br)c[nH]1)c1ccccc1. The molecule has 1 aromatic heterocycles. The van der Waals surface area contributed by atoms with Gasteiger partial charge in [0, 0.05) is 16.2 Å². The number of aromatic nitrogens is 1. The van der Waals surface area contributed by atoms with Crippen molar-refractivity contribution in [3.8, 4) is 5.75 Å². The number of nitrogens with one attached hydrogen (secondary N) is 2. The number of halogens is 1. The van der Waals surface area contributed by atoms with E-state index in [1.165, 1.54) is 0 Å². The first-order valence-electron chi connectivity index (χ1n) is 8.71. The first-order chi connectivity index (χ1) is 13.6. The zero-order chi connectivity index (χ0) is 19.9. The highest BCUT2D eigenvalue weighted by atomic mass is 79.9. The predicted molar refractivity (Wildman–Crippen MR) is 109 cm³/mol. The van der Waals surface area contributed by atoms with Crippen LogP contribution in [0.1, 0.15) is 29.1 Å². The summed E-state index contributed by atoms with van der Waals surface area (Å²) in [7, 11) is 0. The molecule has 28 heavy (non-hydrogen) atoms. The predicted octanol–water partition coefficient (Wildman–Crippen LogP) is 4.71. The van der Waals surface area contributed by atoms with Crippen LogP contribution < -0.4 is 10.1 Å². The van der Waals surface area contributed by atoms with E-state index in [0.717, 1.165) is 0 Å². The molecule has 0 saturated carbocycles. The molecule has 0 radical (unpaired) electrons. The zero-order valence-electron chi connectivity index (χ0n) is 15.1. The van der Waals surface area contributed by atoms with Crippen LogP contribution in [0.3, 0.4) is 0 Å². The van der Waals surface area contributed by atoms with E-state index in [-0.39, 0.29) is 5.69 Å². The number of anilines is 1. The van der Waals surface area contributed by atoms with E-state index in [1.807, 2.05) is 19.1 Å². The van der Waals surface area contributed by atoms with Gasteiger partial charge in [-0.15, -0.1) is 0 Å². The molecule has 0 aliphatic carbocycles. The van der Waals surface area contributed by atoms with Gasteiger partial charge in [0.15, 0.2) is 0 Å². The molecule has 1 atom stereocenters. The van der Waals surface area contributed by atoms with Gasteiger partial charge in [-0.25, -0.2) is 4.79 Å². The van der Waals surface area contributed by atoms with Crippen LogP contribution in [-0.2, 0) is 9.53 Å². The first kappa shape index (κ1) is 19.7. The summed E-state index contributed by atoms with van der Waals surface area (Å²) in [5.41, 5.74) is 1.32. The number of rotatable bonds is 7. The molecule has 144 valence electrons. The maximum Gasteiger partial charge on any atom is 0.355 e. The van der Waals surface area contributed by atoms with Gasteiger partial charge < -0.3 is 19.8 Å². The van der Waals surface area contributed by atoms with E-state index < -0.39 is 18.0 Å². The van der Waals surface area contributed by atoms with Gasteiger partial charge in [0.25, 0.3) is 5.91 Å². The molecule has 0 saturated heterocycles. The standard InChI is InChI=1S/C21H19BrN2O4/c1-2-27-18-11-7-6-10-16(18)24-20(25)19(14-8-4-3-5-9-14)28-21(26)17-12-15(22)13-23-17/h3-13,19,23H,2H2,1H3,(H,24,25). The van der Waals surface area contributed by atoms with Gasteiger partial charge in [-0.1, -0.05) is 42.5 Å². The number of hydrogen-bond donors (Lipinski definition) is 2. The third kappa shape index (κ3) is 4.80. The first-order valence-corrected chi connectivity index (χ1v) is 9.50. The molecule has 6 nitrogen and oxygen atoms in total. The van der Waals surface area contributed by atoms with Gasteiger partial charge in [-0.05, 0) is 41.1 Å². The van der Waals surface area contributed by atoms with E-state index in [9.17, 15) is 9.59 Å². The summed E-state index contributed by atoms with van der Waals surface area (Å²) in [5, 5.41) is 2.80. The fraction of sp³-hybridized carbons (Fsp3) is 0.143. The van der Waals surface area contributed by atoms with Crippen LogP contribution in [0.25, 0.3) is 0 Å². The Morgan fingerprint density at radius 3 is 2.50 bits per heavy atom. The lowest BCUT2D eigenvalue weighted by Crippen LogP contribution is -2.26. The van der Waals surface area contributed by atoms with Crippen molar-refractivity contribution in [1.82, 2.24) is 4.98 Å². The van der Waals surface area contributed by atoms with Crippen molar-refractivity contribution in [2.45, 2.75) is 13.0 Å². The van der Waals surface area contributed by atoms with Crippen molar-refractivity contribution in [3.05, 3.63) is 82.6 Å². The van der Waals surface area contributed by atoms with Gasteiger partial charge in [0.1, 0.15) is 11.4 Å². The molecular weight excluding hydrogens is 424 g/mol. The molecule has 0 fully saturated rings. The van der Waals surface area contributed by atoms with Crippen molar-refractivity contribution >= 4 is 33.5 Å². The van der Waals surface area contributed by atoms with E-state index >= 15 is 0 Å². The van der Waals surface area contributed by atoms with Crippen molar-refractivity contribution in [2.24, 2.45) is 0 Å². The Bertz CT molecular complexity index is 956. The average Bonchev–Trinajstić information content (AvgIpc) is 3.15. The number of ether oxygens (including phenoxy) is 2. The number of benzene rings is 2. The Morgan fingerprint density at radius 2 is 1.82 bits per heavy atom. The molecule has 0 aliphatic heterocycles. The largest absolute Gasteiger partial charge is 0.492 e. The summed E-state index contributed by atoms with van der Waals surface area (Å²) < 4.78 is 11.8. The third-order valence-electron chi connectivity index (χ3n) is 3.88. The second-order valence-corrected chi connectivity index (χ2v) is 6.76. The minimum atomic E-state index is -1.12. The lowest BCUT2D eigenvalue weighted by atomic mass is 10.1. The maximum absolute atomic E-state index is 13.0. The summed E-state index contributed by atoms with van der Waals surface area (Å²) in [6.45, 7) is 2.33. The summed E-state index contributed by atoms with van der Waals surface area (Å²) in [6.07, 6.45) is 0.498. The molecular formula is C21H19BrN2O4. The van der Waals surface area contributed by atoms with E-state index in [1.54, 1.807) is 54.7 Å². The molecule has 7 heteroatoms. The number of carbonyl (C=O) groups is 2. The van der Waals surface area contributed by atoms with Crippen LogP contribution in [0.5, 0.6) is 5.75 Å². The Hall–Kier alpha value is -3.06. The normalized spacial score (nSPS) is 11.5. The molecule has 0 aliphatic rings. The lowest BCUT2D eigenvalue weighted by Gasteiger charge is -2.19. The van der Waals surface area contributed by atoms with Crippen LogP contribution in [0, 0.1) is 0 Å². The van der Waals surface area contributed by atoms with Gasteiger partial charge in [0.05, 0.1) is 12.3 Å². The average molecular weight is 443 g/mol. The quantitative estimate of drug-likeness (QED) is 0.519. The third-order valence-corrected chi connectivity index (χ3v) is 4.34. The molecule has 3 rings (SSSR count). The van der Waals surface area contributed by atoms with Gasteiger partial charge in [-0.2, -0.15) is 0 Å². The lowest BCUT2D eigenvalue weighted by molar-refractivity contribution is -0.125. The van der Waals surface area contributed by atoms with E-state index in [4.69, 9.17) is 9.47 Å². The number of para-hydroxylation sites is 2. The summed E-state index contributed by atoms with van der Waals surface area (Å²) in [5.74, 6) is -0.560. The summed E-state index contributed by atoms with van der Waals surface area (Å²) in [4.78, 5) is 28.3. The number of carbonyl (C=O) groups excluding carboxylic acids is 2. The Balaban J connectivity index is 1.85. The zero-order valence-corrected chi connectivity index (χ0v) is 16.7. The van der Waals surface area contributed by atoms with E-state index in [2.05, 4.69) is 26.2 Å². The summed E-state index contributed by atoms with van der Waals surface area (Å²) >= 11 is 3.28. The Labute approximate surface area is 171 Å². The maximum atomic E-state index is 13.0.